The normalized spacial score (nSPS) is 10.5. The predicted molar refractivity (Wildman–Crippen MR) is 114 cm³/mol. The molecule has 0 aliphatic rings. The summed E-state index contributed by atoms with van der Waals surface area (Å²) < 4.78 is 0. The van der Waals surface area contributed by atoms with Gasteiger partial charge >= 0.3 is 0 Å². The molecule has 0 spiro atoms. The molecule has 0 fully saturated rings. The van der Waals surface area contributed by atoms with Crippen LogP contribution in [0.15, 0.2) is 48.5 Å². The van der Waals surface area contributed by atoms with Crippen molar-refractivity contribution < 1.29 is 10.5 Å². The van der Waals surface area contributed by atoms with E-state index in [1.54, 1.807) is 0 Å². The highest BCUT2D eigenvalue weighted by molar-refractivity contribution is 5.27. The Morgan fingerprint density at radius 3 is 0.577 bits per heavy atom. The van der Waals surface area contributed by atoms with Crippen molar-refractivity contribution in [2.75, 3.05) is 0 Å². The molecule has 0 aliphatic heterocycles. The van der Waals surface area contributed by atoms with Crippen molar-refractivity contribution in [1.82, 2.24) is 0 Å². The van der Waals surface area contributed by atoms with Gasteiger partial charge in [0.05, 0.1) is 0 Å². The Balaban J connectivity index is 0.000000439. The van der Waals surface area contributed by atoms with E-state index in [0.29, 0.717) is 23.7 Å². The van der Waals surface area contributed by atoms with E-state index >= 15 is 0 Å². The topological polar surface area (TPSA) is 40.5 Å². The van der Waals surface area contributed by atoms with Crippen LogP contribution in [0.25, 0.3) is 0 Å². The molecule has 2 aromatic carbocycles. The van der Waals surface area contributed by atoms with Gasteiger partial charge < -0.3 is 0 Å². The third-order valence-corrected chi connectivity index (χ3v) is 4.54. The fraction of sp³-hybridized carbons (Fsp3) is 0.500. The summed E-state index contributed by atoms with van der Waals surface area (Å²) >= 11 is 0. The first-order valence-corrected chi connectivity index (χ1v) is 9.62. The molecule has 2 aromatic rings. The second kappa shape index (κ2) is 12.7. The molecule has 26 heavy (non-hydrogen) atoms. The molecule has 2 nitrogen and oxygen atoms in total. The molecule has 0 aliphatic carbocycles. The third kappa shape index (κ3) is 8.64. The minimum Gasteiger partial charge on any atom is -0.255 e. The maximum Gasteiger partial charge on any atom is -0.0219 e. The number of rotatable bonds is 4. The van der Waals surface area contributed by atoms with Crippen LogP contribution in [0.4, 0.5) is 0 Å². The molecule has 0 heterocycles. The second-order valence-corrected chi connectivity index (χ2v) is 7.95. The Morgan fingerprint density at radius 2 is 0.500 bits per heavy atom. The Morgan fingerprint density at radius 1 is 0.385 bits per heavy atom. The Kier molecular flexibility index (Phi) is 11.9. The third-order valence-electron chi connectivity index (χ3n) is 4.54. The molecule has 0 amide bonds. The lowest BCUT2D eigenvalue weighted by molar-refractivity contribution is -0.176. The number of hydrogen-bond acceptors (Lipinski definition) is 2. The quantitative estimate of drug-likeness (QED) is 0.431. The Hall–Kier alpha value is -1.64. The smallest absolute Gasteiger partial charge is 0.0219 e. The molecule has 0 unspecified atom stereocenters. The molecule has 0 bridgehead atoms. The van der Waals surface area contributed by atoms with E-state index < -0.39 is 0 Å². The van der Waals surface area contributed by atoms with Crippen molar-refractivity contribution in [1.29, 1.82) is 0 Å². The first kappa shape index (κ1) is 24.4. The lowest BCUT2D eigenvalue weighted by Gasteiger charge is -2.08. The van der Waals surface area contributed by atoms with E-state index in [1.807, 2.05) is 0 Å². The monoisotopic (exact) mass is 358 g/mol. The van der Waals surface area contributed by atoms with Crippen molar-refractivity contribution in [2.24, 2.45) is 0 Å². The van der Waals surface area contributed by atoms with Crippen LogP contribution in [-0.2, 0) is 0 Å². The van der Waals surface area contributed by atoms with E-state index in [2.05, 4.69) is 104 Å². The van der Waals surface area contributed by atoms with Crippen LogP contribution in [0, 0.1) is 0 Å². The molecule has 0 aromatic heterocycles. The summed E-state index contributed by atoms with van der Waals surface area (Å²) in [6.45, 7) is 17.8. The Labute approximate surface area is 160 Å². The van der Waals surface area contributed by atoms with Gasteiger partial charge in [-0.1, -0.05) is 104 Å². The summed E-state index contributed by atoms with van der Waals surface area (Å²) in [7, 11) is 0. The molecule has 0 saturated carbocycles. The summed E-state index contributed by atoms with van der Waals surface area (Å²) in [4.78, 5) is 0. The van der Waals surface area contributed by atoms with Gasteiger partial charge in [0.1, 0.15) is 0 Å². The van der Waals surface area contributed by atoms with E-state index in [9.17, 15) is 0 Å². The minimum absolute atomic E-state index is 0.645. The van der Waals surface area contributed by atoms with Gasteiger partial charge in [0.15, 0.2) is 0 Å². The maximum atomic E-state index is 6.00. The van der Waals surface area contributed by atoms with Crippen molar-refractivity contribution in [2.45, 2.75) is 79.1 Å². The van der Waals surface area contributed by atoms with Crippen molar-refractivity contribution in [3.63, 3.8) is 0 Å². The second-order valence-electron chi connectivity index (χ2n) is 7.95. The lowest BCUT2D eigenvalue weighted by atomic mass is 9.97. The first-order valence-electron chi connectivity index (χ1n) is 9.62. The van der Waals surface area contributed by atoms with Crippen LogP contribution in [0.5, 0.6) is 0 Å². The number of benzene rings is 2. The molecule has 0 saturated heterocycles. The van der Waals surface area contributed by atoms with Crippen molar-refractivity contribution >= 4 is 0 Å². The molecule has 0 atom stereocenters. The van der Waals surface area contributed by atoms with Gasteiger partial charge in [-0.3, -0.25) is 10.5 Å². The van der Waals surface area contributed by atoms with Gasteiger partial charge in [0.25, 0.3) is 0 Å². The van der Waals surface area contributed by atoms with Gasteiger partial charge in [0, 0.05) is 0 Å². The standard InChI is InChI=1S/2C12H18.H2O2/c2*1-9(2)11-5-7-12(8-6-11)10(3)4;1-2/h2*5-10H,1-4H3;1-2H. The maximum absolute atomic E-state index is 6.00. The van der Waals surface area contributed by atoms with Crippen LogP contribution < -0.4 is 0 Å². The van der Waals surface area contributed by atoms with Crippen LogP contribution in [0.2, 0.25) is 0 Å². The number of hydrogen-bond donors (Lipinski definition) is 2. The van der Waals surface area contributed by atoms with E-state index in [4.69, 9.17) is 10.5 Å². The summed E-state index contributed by atoms with van der Waals surface area (Å²) in [6, 6.07) is 17.9. The molecule has 0 radical (unpaired) electrons. The highest BCUT2D eigenvalue weighted by atomic mass is 17.0. The SMILES string of the molecule is CC(C)c1ccc(C(C)C)cc1.CC(C)c1ccc(C(C)C)cc1.OO. The van der Waals surface area contributed by atoms with Crippen molar-refractivity contribution in [3.8, 4) is 0 Å². The zero-order chi connectivity index (χ0) is 20.3. The summed E-state index contributed by atoms with van der Waals surface area (Å²) in [5, 5.41) is 12.0. The average molecular weight is 359 g/mol. The lowest BCUT2D eigenvalue weighted by Crippen LogP contribution is -1.90. The molecular weight excluding hydrogens is 320 g/mol. The molecular formula is C24H38O2. The zero-order valence-electron chi connectivity index (χ0n) is 17.8. The van der Waals surface area contributed by atoms with Gasteiger partial charge in [-0.25, -0.2) is 0 Å². The zero-order valence-corrected chi connectivity index (χ0v) is 17.8. The van der Waals surface area contributed by atoms with E-state index in [1.165, 1.54) is 22.3 Å². The van der Waals surface area contributed by atoms with E-state index in [0.717, 1.165) is 0 Å². The molecule has 2 rings (SSSR count). The fourth-order valence-electron chi connectivity index (χ4n) is 2.53. The first-order chi connectivity index (χ1) is 12.2. The van der Waals surface area contributed by atoms with Gasteiger partial charge in [-0.15, -0.1) is 0 Å². The summed E-state index contributed by atoms with van der Waals surface area (Å²) in [6.07, 6.45) is 0. The van der Waals surface area contributed by atoms with Crippen LogP contribution >= 0.6 is 0 Å². The summed E-state index contributed by atoms with van der Waals surface area (Å²) in [5.74, 6) is 2.58. The average Bonchev–Trinajstić information content (AvgIpc) is 2.64. The van der Waals surface area contributed by atoms with E-state index in [-0.39, 0.29) is 0 Å². The predicted octanol–water partition coefficient (Wildman–Crippen LogP) is 7.88. The van der Waals surface area contributed by atoms with Crippen LogP contribution in [0.1, 0.15) is 101 Å². The minimum atomic E-state index is 0.645. The Bertz CT molecular complexity index is 469. The van der Waals surface area contributed by atoms with Crippen LogP contribution in [0.3, 0.4) is 0 Å². The van der Waals surface area contributed by atoms with Gasteiger partial charge in [-0.2, -0.15) is 0 Å². The highest BCUT2D eigenvalue weighted by Gasteiger charge is 2.01. The molecule has 146 valence electrons. The fourth-order valence-corrected chi connectivity index (χ4v) is 2.53. The summed E-state index contributed by atoms with van der Waals surface area (Å²) in [5.41, 5.74) is 5.72. The molecule has 2 N–H and O–H groups in total. The van der Waals surface area contributed by atoms with Gasteiger partial charge in [0.2, 0.25) is 0 Å². The highest BCUT2D eigenvalue weighted by Crippen LogP contribution is 2.20. The largest absolute Gasteiger partial charge is 0.255 e. The molecule has 2 heteroatoms. The van der Waals surface area contributed by atoms with Crippen LogP contribution in [-0.4, -0.2) is 10.5 Å². The van der Waals surface area contributed by atoms with Gasteiger partial charge in [-0.05, 0) is 45.9 Å². The van der Waals surface area contributed by atoms with Crippen molar-refractivity contribution in [3.05, 3.63) is 70.8 Å².